The number of halogens is 1. The third kappa shape index (κ3) is 2.29. The second-order valence-electron chi connectivity index (χ2n) is 2.73. The summed E-state index contributed by atoms with van der Waals surface area (Å²) in [4.78, 5) is 14.0. The van der Waals surface area contributed by atoms with Crippen LogP contribution in [0.4, 0.5) is 10.1 Å². The highest BCUT2D eigenvalue weighted by atomic mass is 19.1. The van der Waals surface area contributed by atoms with Gasteiger partial charge in [-0.1, -0.05) is 0 Å². The van der Waals surface area contributed by atoms with Gasteiger partial charge in [0.05, 0.1) is 5.69 Å². The van der Waals surface area contributed by atoms with Crippen molar-refractivity contribution >= 4 is 17.5 Å². The Labute approximate surface area is 79.9 Å². The molecule has 0 atom stereocenters. The maximum atomic E-state index is 12.6. The lowest BCUT2D eigenvalue weighted by molar-refractivity contribution is -0.129. The molecule has 0 bridgehead atoms. The number of hydrogen-bond acceptors (Lipinski definition) is 2. The molecule has 0 unspecified atom stereocenters. The van der Waals surface area contributed by atoms with Crippen LogP contribution in [-0.4, -0.2) is 16.9 Å². The number of rotatable bonds is 1. The summed E-state index contributed by atoms with van der Waals surface area (Å²) in [6.45, 7) is 1.62. The van der Waals surface area contributed by atoms with Crippen molar-refractivity contribution in [3.63, 3.8) is 0 Å². The Balaban J connectivity index is 3.09. The highest BCUT2D eigenvalue weighted by Crippen LogP contribution is 2.18. The molecule has 0 saturated heterocycles. The van der Waals surface area contributed by atoms with Crippen molar-refractivity contribution in [1.29, 1.82) is 0 Å². The molecule has 0 aromatic heterocycles. The van der Waals surface area contributed by atoms with Crippen LogP contribution >= 0.6 is 0 Å². The number of carboxylic acid groups (broad SMARTS) is 1. The number of nitrogens with two attached hydrogens (primary N) is 1. The molecule has 1 aromatic rings. The van der Waals surface area contributed by atoms with Crippen LogP contribution in [-0.2, 0) is 4.79 Å². The van der Waals surface area contributed by atoms with E-state index in [1.54, 1.807) is 6.92 Å². The van der Waals surface area contributed by atoms with Crippen LogP contribution in [0.3, 0.4) is 0 Å². The van der Waals surface area contributed by atoms with E-state index < -0.39 is 17.6 Å². The van der Waals surface area contributed by atoms with E-state index in [-0.39, 0.29) is 0 Å². The number of amidine groups is 1. The monoisotopic (exact) mass is 196 g/mol. The first kappa shape index (κ1) is 10.2. The van der Waals surface area contributed by atoms with Crippen LogP contribution in [0, 0.1) is 12.7 Å². The summed E-state index contributed by atoms with van der Waals surface area (Å²) in [7, 11) is 0. The average molecular weight is 196 g/mol. The Kier molecular flexibility index (Phi) is 2.81. The van der Waals surface area contributed by atoms with Crippen LogP contribution < -0.4 is 5.73 Å². The Hall–Kier alpha value is -1.91. The Morgan fingerprint density at radius 3 is 2.71 bits per heavy atom. The molecule has 0 fully saturated rings. The van der Waals surface area contributed by atoms with E-state index in [2.05, 4.69) is 4.99 Å². The molecule has 0 aliphatic heterocycles. The molecule has 5 heteroatoms. The van der Waals surface area contributed by atoms with E-state index >= 15 is 0 Å². The smallest absolute Gasteiger partial charge is 0.371 e. The minimum atomic E-state index is -1.30. The van der Waals surface area contributed by atoms with E-state index in [4.69, 9.17) is 10.8 Å². The number of carboxylic acids is 1. The molecule has 4 nitrogen and oxygen atoms in total. The molecule has 14 heavy (non-hydrogen) atoms. The summed E-state index contributed by atoms with van der Waals surface area (Å²) in [5.41, 5.74) is 6.00. The number of aliphatic carboxylic acids is 1. The summed E-state index contributed by atoms with van der Waals surface area (Å²) in [6.07, 6.45) is 0. The quantitative estimate of drug-likeness (QED) is 0.523. The molecule has 3 N–H and O–H groups in total. The first-order valence-electron chi connectivity index (χ1n) is 3.84. The number of aryl methyl sites for hydroxylation is 1. The second-order valence-corrected chi connectivity index (χ2v) is 2.73. The van der Waals surface area contributed by atoms with Crippen molar-refractivity contribution in [2.45, 2.75) is 6.92 Å². The molecular formula is C9H9FN2O2. The summed E-state index contributed by atoms with van der Waals surface area (Å²) in [5.74, 6) is -2.20. The van der Waals surface area contributed by atoms with Gasteiger partial charge >= 0.3 is 5.97 Å². The Morgan fingerprint density at radius 2 is 2.21 bits per heavy atom. The predicted molar refractivity (Wildman–Crippen MR) is 50.1 cm³/mol. The number of aliphatic imine (C=N–C) groups is 1. The Bertz CT molecular complexity index is 402. The first-order chi connectivity index (χ1) is 6.50. The maximum Gasteiger partial charge on any atom is 0.371 e. The highest BCUT2D eigenvalue weighted by molar-refractivity contribution is 6.34. The van der Waals surface area contributed by atoms with Crippen LogP contribution in [0.25, 0.3) is 0 Å². The fraction of sp³-hybridized carbons (Fsp3) is 0.111. The fourth-order valence-electron chi connectivity index (χ4n) is 0.922. The largest absolute Gasteiger partial charge is 0.475 e. The van der Waals surface area contributed by atoms with Gasteiger partial charge in [-0.25, -0.2) is 14.2 Å². The lowest BCUT2D eigenvalue weighted by Crippen LogP contribution is -2.22. The predicted octanol–water partition coefficient (Wildman–Crippen LogP) is 1.21. The van der Waals surface area contributed by atoms with Crippen LogP contribution in [0.5, 0.6) is 0 Å². The molecule has 0 aliphatic carbocycles. The summed E-state index contributed by atoms with van der Waals surface area (Å²) in [5, 5.41) is 8.46. The average Bonchev–Trinajstić information content (AvgIpc) is 2.09. The van der Waals surface area contributed by atoms with E-state index in [1.807, 2.05) is 0 Å². The van der Waals surface area contributed by atoms with Gasteiger partial charge in [0.15, 0.2) is 0 Å². The van der Waals surface area contributed by atoms with Crippen molar-refractivity contribution in [3.05, 3.63) is 29.6 Å². The van der Waals surface area contributed by atoms with Crippen LogP contribution in [0.1, 0.15) is 5.56 Å². The minimum Gasteiger partial charge on any atom is -0.475 e. The van der Waals surface area contributed by atoms with Gasteiger partial charge in [-0.15, -0.1) is 0 Å². The molecule has 0 heterocycles. The van der Waals surface area contributed by atoms with Crippen LogP contribution in [0.2, 0.25) is 0 Å². The van der Waals surface area contributed by atoms with E-state index in [1.165, 1.54) is 18.2 Å². The van der Waals surface area contributed by atoms with Crippen molar-refractivity contribution in [2.24, 2.45) is 10.7 Å². The zero-order valence-corrected chi connectivity index (χ0v) is 7.49. The van der Waals surface area contributed by atoms with Gasteiger partial charge in [-0.3, -0.25) is 0 Å². The lowest BCUT2D eigenvalue weighted by Gasteiger charge is -2.00. The SMILES string of the molecule is Cc1cc(F)ccc1N=C(N)C(=O)O. The minimum absolute atomic E-state index is 0.353. The maximum absolute atomic E-state index is 12.6. The molecule has 0 aliphatic rings. The van der Waals surface area contributed by atoms with Crippen molar-refractivity contribution < 1.29 is 14.3 Å². The zero-order valence-electron chi connectivity index (χ0n) is 7.49. The van der Waals surface area contributed by atoms with Gasteiger partial charge in [0, 0.05) is 0 Å². The molecule has 1 rings (SSSR count). The topological polar surface area (TPSA) is 75.7 Å². The fourth-order valence-corrected chi connectivity index (χ4v) is 0.922. The number of hydrogen-bond donors (Lipinski definition) is 2. The van der Waals surface area contributed by atoms with Crippen molar-refractivity contribution in [3.8, 4) is 0 Å². The van der Waals surface area contributed by atoms with Crippen molar-refractivity contribution in [2.75, 3.05) is 0 Å². The number of benzene rings is 1. The molecular weight excluding hydrogens is 187 g/mol. The lowest BCUT2D eigenvalue weighted by atomic mass is 10.2. The third-order valence-electron chi connectivity index (χ3n) is 1.62. The zero-order chi connectivity index (χ0) is 10.7. The molecule has 1 aromatic carbocycles. The van der Waals surface area contributed by atoms with Gasteiger partial charge in [0.25, 0.3) is 0 Å². The molecule has 0 spiro atoms. The third-order valence-corrected chi connectivity index (χ3v) is 1.62. The van der Waals surface area contributed by atoms with Crippen LogP contribution in [0.15, 0.2) is 23.2 Å². The normalized spacial score (nSPS) is 11.4. The molecule has 0 amide bonds. The molecule has 0 saturated carbocycles. The summed E-state index contributed by atoms with van der Waals surface area (Å²) >= 11 is 0. The standard InChI is InChI=1S/C9H9FN2O2/c1-5-4-6(10)2-3-7(5)12-8(11)9(13)14/h2-4H,1H3,(H2,11,12)(H,13,14). The van der Waals surface area contributed by atoms with E-state index in [0.717, 1.165) is 0 Å². The van der Waals surface area contributed by atoms with Gasteiger partial charge in [0.1, 0.15) is 5.82 Å². The van der Waals surface area contributed by atoms with Crippen molar-refractivity contribution in [1.82, 2.24) is 0 Å². The Morgan fingerprint density at radius 1 is 1.57 bits per heavy atom. The van der Waals surface area contributed by atoms with Gasteiger partial charge in [-0.2, -0.15) is 0 Å². The summed E-state index contributed by atoms with van der Waals surface area (Å²) in [6, 6.07) is 3.83. The highest BCUT2D eigenvalue weighted by Gasteiger charge is 2.04. The summed E-state index contributed by atoms with van der Waals surface area (Å²) < 4.78 is 12.6. The van der Waals surface area contributed by atoms with Gasteiger partial charge in [-0.05, 0) is 30.7 Å². The van der Waals surface area contributed by atoms with Gasteiger partial charge in [0.2, 0.25) is 5.84 Å². The first-order valence-corrected chi connectivity index (χ1v) is 3.84. The van der Waals surface area contributed by atoms with E-state index in [9.17, 15) is 9.18 Å². The second kappa shape index (κ2) is 3.87. The molecule has 74 valence electrons. The molecule has 0 radical (unpaired) electrons. The number of carbonyl (C=O) groups is 1. The number of nitrogens with zero attached hydrogens (tertiary/aromatic N) is 1. The van der Waals surface area contributed by atoms with E-state index in [0.29, 0.717) is 11.3 Å². The van der Waals surface area contributed by atoms with Gasteiger partial charge < -0.3 is 10.8 Å².